The molecule has 5 N–H and O–H groups in total. The van der Waals surface area contributed by atoms with E-state index in [9.17, 15) is 4.79 Å². The molecule has 0 atom stereocenters. The van der Waals surface area contributed by atoms with Crippen molar-refractivity contribution in [2.75, 3.05) is 29.4 Å². The predicted octanol–water partition coefficient (Wildman–Crippen LogP) is 5.58. The highest BCUT2D eigenvalue weighted by Crippen LogP contribution is 2.34. The van der Waals surface area contributed by atoms with Crippen LogP contribution in [0.3, 0.4) is 0 Å². The normalized spacial score (nSPS) is 12.6. The van der Waals surface area contributed by atoms with Gasteiger partial charge in [0.1, 0.15) is 11.6 Å². The van der Waals surface area contributed by atoms with E-state index < -0.39 is 0 Å². The van der Waals surface area contributed by atoms with Crippen LogP contribution in [0.15, 0.2) is 77.8 Å². The molecule has 0 saturated heterocycles. The number of nitrogens with zero attached hydrogens (tertiary/aromatic N) is 1. The van der Waals surface area contributed by atoms with Gasteiger partial charge in [0, 0.05) is 58.3 Å². The molecule has 3 aromatic carbocycles. The van der Waals surface area contributed by atoms with Crippen LogP contribution in [0.1, 0.15) is 15.9 Å². The van der Waals surface area contributed by atoms with Crippen LogP contribution in [-0.2, 0) is 6.42 Å². The van der Waals surface area contributed by atoms with Crippen molar-refractivity contribution < 1.29 is 9.18 Å². The second-order valence-corrected chi connectivity index (χ2v) is 9.09. The Labute approximate surface area is 207 Å². The van der Waals surface area contributed by atoms with Crippen molar-refractivity contribution in [3.63, 3.8) is 0 Å². The number of pyridine rings is 1. The van der Waals surface area contributed by atoms with E-state index in [2.05, 4.69) is 20.3 Å². The van der Waals surface area contributed by atoms with Gasteiger partial charge >= 0.3 is 0 Å². The fraction of sp³-hybridized carbons (Fsp3) is 0.111. The number of carbonyl (C=O) groups is 1. The molecule has 1 aliphatic rings. The monoisotopic (exact) mass is 485 g/mol. The zero-order valence-electron chi connectivity index (χ0n) is 19.1. The van der Waals surface area contributed by atoms with Crippen molar-refractivity contribution in [2.45, 2.75) is 11.3 Å². The van der Waals surface area contributed by atoms with Gasteiger partial charge in [-0.15, -0.1) is 0 Å². The van der Waals surface area contributed by atoms with Crippen LogP contribution >= 0.6 is 11.9 Å². The number of halogens is 1. The third kappa shape index (κ3) is 4.79. The highest BCUT2D eigenvalue weighted by atomic mass is 32.2. The number of carbonyl (C=O) groups excluding carboxylic acids is 1. The summed E-state index contributed by atoms with van der Waals surface area (Å²) in [5, 5.41) is 5.94. The first-order valence-electron chi connectivity index (χ1n) is 11.2. The van der Waals surface area contributed by atoms with Gasteiger partial charge in [0.05, 0.1) is 0 Å². The molecule has 0 unspecified atom stereocenters. The first-order chi connectivity index (χ1) is 17.0. The van der Waals surface area contributed by atoms with Crippen LogP contribution in [0, 0.1) is 5.82 Å². The molecule has 2 heterocycles. The van der Waals surface area contributed by atoms with E-state index in [0.29, 0.717) is 34.6 Å². The minimum Gasteiger partial charge on any atom is -0.388 e. The zero-order valence-corrected chi connectivity index (χ0v) is 19.9. The van der Waals surface area contributed by atoms with E-state index in [4.69, 9.17) is 5.73 Å². The number of amides is 1. The summed E-state index contributed by atoms with van der Waals surface area (Å²) in [5.41, 5.74) is 12.4. The summed E-state index contributed by atoms with van der Waals surface area (Å²) in [6.07, 6.45) is 2.33. The standard InChI is InChI=1S/C27H24FN5OS/c1-30-19-3-2-4-20(13-19)33-35-21-6-8-22(25(28)14-21)18-12-24(26(29)32-15-18)16-5-7-23-17(11-16)9-10-31-27(23)34/h2-8,11-15,30,33H,9-10H2,1H3,(H2,29,32)(H,31,34). The lowest BCUT2D eigenvalue weighted by Gasteiger charge is -2.18. The third-order valence-electron chi connectivity index (χ3n) is 5.95. The van der Waals surface area contributed by atoms with E-state index in [0.717, 1.165) is 33.8 Å². The van der Waals surface area contributed by atoms with Crippen LogP contribution in [0.5, 0.6) is 0 Å². The Morgan fingerprint density at radius 3 is 2.63 bits per heavy atom. The molecule has 0 fully saturated rings. The summed E-state index contributed by atoms with van der Waals surface area (Å²) < 4.78 is 18.4. The summed E-state index contributed by atoms with van der Waals surface area (Å²) in [5.74, 6) is -0.0585. The molecule has 6 nitrogen and oxygen atoms in total. The van der Waals surface area contributed by atoms with Gasteiger partial charge in [-0.3, -0.25) is 4.79 Å². The molecular weight excluding hydrogens is 461 g/mol. The largest absolute Gasteiger partial charge is 0.388 e. The minimum atomic E-state index is -0.347. The summed E-state index contributed by atoms with van der Waals surface area (Å²) in [4.78, 5) is 17.1. The molecule has 35 heavy (non-hydrogen) atoms. The first kappa shape index (κ1) is 22.7. The average Bonchev–Trinajstić information content (AvgIpc) is 2.88. The Hall–Kier alpha value is -4.04. The molecule has 8 heteroatoms. The molecule has 1 aromatic heterocycles. The second-order valence-electron chi connectivity index (χ2n) is 8.21. The van der Waals surface area contributed by atoms with Gasteiger partial charge in [-0.25, -0.2) is 9.37 Å². The van der Waals surface area contributed by atoms with Crippen molar-refractivity contribution in [3.8, 4) is 22.3 Å². The first-order valence-corrected chi connectivity index (χ1v) is 12.0. The molecule has 176 valence electrons. The van der Waals surface area contributed by atoms with Crippen LogP contribution in [-0.4, -0.2) is 24.5 Å². The van der Waals surface area contributed by atoms with Crippen molar-refractivity contribution in [2.24, 2.45) is 0 Å². The maximum Gasteiger partial charge on any atom is 0.251 e. The Bertz CT molecular complexity index is 1420. The Balaban J connectivity index is 1.39. The number of benzene rings is 3. The summed E-state index contributed by atoms with van der Waals surface area (Å²) in [7, 11) is 1.86. The van der Waals surface area contributed by atoms with E-state index in [1.807, 2.05) is 55.6 Å². The van der Waals surface area contributed by atoms with Gasteiger partial charge in [0.2, 0.25) is 0 Å². The molecule has 0 spiro atoms. The summed E-state index contributed by atoms with van der Waals surface area (Å²) >= 11 is 1.34. The lowest BCUT2D eigenvalue weighted by atomic mass is 9.94. The van der Waals surface area contributed by atoms with Gasteiger partial charge in [0.15, 0.2) is 0 Å². The van der Waals surface area contributed by atoms with Crippen molar-refractivity contribution >= 4 is 35.0 Å². The Morgan fingerprint density at radius 1 is 0.971 bits per heavy atom. The number of nitrogens with two attached hydrogens (primary N) is 1. The van der Waals surface area contributed by atoms with Gasteiger partial charge in [0.25, 0.3) is 5.91 Å². The summed E-state index contributed by atoms with van der Waals surface area (Å²) in [6.45, 7) is 0.606. The SMILES string of the molecule is CNc1cccc(NSc2ccc(-c3cnc(N)c(-c4ccc5c(c4)CCNC5=O)c3)c(F)c2)c1. The number of fused-ring (bicyclic) bond motifs is 1. The molecule has 0 saturated carbocycles. The average molecular weight is 486 g/mol. The summed E-state index contributed by atoms with van der Waals surface area (Å²) in [6, 6.07) is 20.4. The lowest BCUT2D eigenvalue weighted by molar-refractivity contribution is 0.0946. The molecule has 1 amide bonds. The lowest BCUT2D eigenvalue weighted by Crippen LogP contribution is -2.31. The number of rotatable bonds is 6. The third-order valence-corrected chi connectivity index (χ3v) is 6.78. The molecule has 1 aliphatic heterocycles. The van der Waals surface area contributed by atoms with Crippen LogP contribution in [0.25, 0.3) is 22.3 Å². The van der Waals surface area contributed by atoms with Gasteiger partial charge in [-0.1, -0.05) is 24.3 Å². The molecule has 4 aromatic rings. The number of nitrogen functional groups attached to an aromatic ring is 1. The number of nitrogens with one attached hydrogen (secondary N) is 3. The molecule has 0 bridgehead atoms. The van der Waals surface area contributed by atoms with Gasteiger partial charge in [-0.05, 0) is 72.0 Å². The zero-order chi connectivity index (χ0) is 24.4. The van der Waals surface area contributed by atoms with Crippen LogP contribution < -0.4 is 21.1 Å². The number of anilines is 3. The van der Waals surface area contributed by atoms with Gasteiger partial charge < -0.3 is 21.1 Å². The van der Waals surface area contributed by atoms with E-state index in [1.165, 1.54) is 18.0 Å². The second kappa shape index (κ2) is 9.68. The predicted molar refractivity (Wildman–Crippen MR) is 141 cm³/mol. The maximum absolute atomic E-state index is 15.1. The maximum atomic E-state index is 15.1. The Morgan fingerprint density at radius 2 is 1.80 bits per heavy atom. The van der Waals surface area contributed by atoms with E-state index >= 15 is 4.39 Å². The molecule has 0 aliphatic carbocycles. The van der Waals surface area contributed by atoms with Crippen molar-refractivity contribution in [1.29, 1.82) is 0 Å². The Kier molecular flexibility index (Phi) is 6.29. The highest BCUT2D eigenvalue weighted by molar-refractivity contribution is 8.00. The van der Waals surface area contributed by atoms with E-state index in [-0.39, 0.29) is 11.7 Å². The van der Waals surface area contributed by atoms with Crippen molar-refractivity contribution in [3.05, 3.63) is 89.9 Å². The quantitative estimate of drug-likeness (QED) is 0.266. The molecular formula is C27H24FN5OS. The fourth-order valence-corrected chi connectivity index (χ4v) is 4.76. The molecule has 0 radical (unpaired) electrons. The van der Waals surface area contributed by atoms with Crippen LogP contribution in [0.2, 0.25) is 0 Å². The smallest absolute Gasteiger partial charge is 0.251 e. The van der Waals surface area contributed by atoms with Gasteiger partial charge in [-0.2, -0.15) is 0 Å². The highest BCUT2D eigenvalue weighted by Gasteiger charge is 2.18. The van der Waals surface area contributed by atoms with Crippen molar-refractivity contribution in [1.82, 2.24) is 10.3 Å². The minimum absolute atomic E-state index is 0.0677. The number of aromatic nitrogens is 1. The van der Waals surface area contributed by atoms with Crippen LogP contribution in [0.4, 0.5) is 21.6 Å². The number of hydrogen-bond donors (Lipinski definition) is 4. The fourth-order valence-electron chi connectivity index (χ4n) is 4.10. The van der Waals surface area contributed by atoms with E-state index in [1.54, 1.807) is 18.3 Å². The molecule has 5 rings (SSSR count). The topological polar surface area (TPSA) is 92.1 Å². The number of hydrogen-bond acceptors (Lipinski definition) is 6.